The lowest BCUT2D eigenvalue weighted by Crippen LogP contribution is -2.27. The highest BCUT2D eigenvalue weighted by Crippen LogP contribution is 2.46. The van der Waals surface area contributed by atoms with Gasteiger partial charge in [0.1, 0.15) is 11.5 Å². The van der Waals surface area contributed by atoms with Gasteiger partial charge in [-0.05, 0) is 48.2 Å². The van der Waals surface area contributed by atoms with Gasteiger partial charge in [0, 0.05) is 34.3 Å². The first-order chi connectivity index (χ1) is 16.1. The Kier molecular flexibility index (Phi) is 5.73. The summed E-state index contributed by atoms with van der Waals surface area (Å²) in [6.07, 6.45) is 1.09. The summed E-state index contributed by atoms with van der Waals surface area (Å²) in [4.78, 5) is 13.7. The van der Waals surface area contributed by atoms with Crippen LogP contribution < -0.4 is 20.1 Å². The Labute approximate surface area is 198 Å². The summed E-state index contributed by atoms with van der Waals surface area (Å²) in [6, 6.07) is 21.1. The van der Waals surface area contributed by atoms with Gasteiger partial charge in [-0.2, -0.15) is 0 Å². The average molecular weight is 461 g/mol. The largest absolute Gasteiger partial charge is 0.497 e. The fourth-order valence-corrected chi connectivity index (χ4v) is 5.10. The molecule has 0 fully saturated rings. The maximum atomic E-state index is 13.7. The van der Waals surface area contributed by atoms with E-state index < -0.39 is 0 Å². The van der Waals surface area contributed by atoms with Crippen LogP contribution in [0, 0.1) is 0 Å². The molecule has 0 amide bonds. The molecule has 5 nitrogen and oxygen atoms in total. The quantitative estimate of drug-likeness (QED) is 0.476. The zero-order valence-corrected chi connectivity index (χ0v) is 19.3. The molecule has 0 spiro atoms. The van der Waals surface area contributed by atoms with Crippen LogP contribution in [0.25, 0.3) is 0 Å². The van der Waals surface area contributed by atoms with Gasteiger partial charge in [-0.15, -0.1) is 0 Å². The van der Waals surface area contributed by atoms with E-state index in [-0.39, 0.29) is 17.7 Å². The normalized spacial score (nSPS) is 19.5. The number of anilines is 2. The molecule has 2 N–H and O–H groups in total. The minimum Gasteiger partial charge on any atom is -0.497 e. The van der Waals surface area contributed by atoms with E-state index in [9.17, 15) is 4.79 Å². The number of allylic oxidation sites excluding steroid dienone is 1. The number of ketones is 1. The van der Waals surface area contributed by atoms with E-state index in [1.54, 1.807) is 14.2 Å². The van der Waals surface area contributed by atoms with Gasteiger partial charge < -0.3 is 20.1 Å². The number of hydrogen-bond acceptors (Lipinski definition) is 5. The van der Waals surface area contributed by atoms with E-state index in [0.29, 0.717) is 29.4 Å². The second-order valence-electron chi connectivity index (χ2n) is 8.30. The van der Waals surface area contributed by atoms with E-state index >= 15 is 0 Å². The van der Waals surface area contributed by atoms with Crippen molar-refractivity contribution in [3.63, 3.8) is 0 Å². The molecule has 1 aliphatic heterocycles. The van der Waals surface area contributed by atoms with Gasteiger partial charge in [0.15, 0.2) is 5.78 Å². The molecule has 3 aromatic rings. The highest BCUT2D eigenvalue weighted by Gasteiger charge is 2.37. The molecule has 0 aromatic heterocycles. The first-order valence-electron chi connectivity index (χ1n) is 10.9. The topological polar surface area (TPSA) is 59.6 Å². The molecule has 0 unspecified atom stereocenters. The number of Topliss-reactive ketones (excluding diaryl/α,β-unsaturated/α-hetero) is 1. The Morgan fingerprint density at radius 1 is 0.879 bits per heavy atom. The van der Waals surface area contributed by atoms with E-state index in [1.165, 1.54) is 0 Å². The van der Waals surface area contributed by atoms with Crippen LogP contribution in [0.15, 0.2) is 78.0 Å². The van der Waals surface area contributed by atoms with Gasteiger partial charge in [-0.3, -0.25) is 4.79 Å². The third-order valence-corrected chi connectivity index (χ3v) is 6.75. The molecule has 2 atom stereocenters. The lowest BCUT2D eigenvalue weighted by Gasteiger charge is -2.30. The minimum atomic E-state index is -0.364. The standard InChI is InChI=1S/C27H25ClN2O3/c1-32-17-11-12-19(25(15-17)33-2)27-26-23(29-21-9-5-6-10-22(21)30-27)13-16(14-24(26)31)18-7-3-4-8-20(18)28/h3-12,15-16,27,29-30H,13-14H2,1-2H3/t16-,27-/m0/s1. The Hall–Kier alpha value is -3.44. The van der Waals surface area contributed by atoms with Crippen molar-refractivity contribution >= 4 is 28.8 Å². The molecule has 0 bridgehead atoms. The summed E-state index contributed by atoms with van der Waals surface area (Å²) in [6.45, 7) is 0. The van der Waals surface area contributed by atoms with Crippen LogP contribution >= 0.6 is 11.6 Å². The van der Waals surface area contributed by atoms with Crippen molar-refractivity contribution in [3.05, 3.63) is 94.1 Å². The summed E-state index contributed by atoms with van der Waals surface area (Å²) in [7, 11) is 3.26. The van der Waals surface area contributed by atoms with Crippen molar-refractivity contribution in [3.8, 4) is 11.5 Å². The van der Waals surface area contributed by atoms with Crippen molar-refractivity contribution in [2.45, 2.75) is 24.8 Å². The predicted molar refractivity (Wildman–Crippen MR) is 131 cm³/mol. The van der Waals surface area contributed by atoms with E-state index in [1.807, 2.05) is 66.7 Å². The van der Waals surface area contributed by atoms with Crippen molar-refractivity contribution in [2.24, 2.45) is 0 Å². The maximum Gasteiger partial charge on any atom is 0.163 e. The second kappa shape index (κ2) is 8.83. The number of nitrogens with one attached hydrogen (secondary N) is 2. The Morgan fingerprint density at radius 2 is 1.64 bits per heavy atom. The van der Waals surface area contributed by atoms with Crippen LogP contribution in [-0.2, 0) is 4.79 Å². The lowest BCUT2D eigenvalue weighted by atomic mass is 9.78. The molecule has 0 radical (unpaired) electrons. The molecule has 3 aromatic carbocycles. The van der Waals surface area contributed by atoms with Crippen molar-refractivity contribution in [2.75, 3.05) is 24.9 Å². The Morgan fingerprint density at radius 3 is 2.39 bits per heavy atom. The van der Waals surface area contributed by atoms with Gasteiger partial charge in [0.2, 0.25) is 0 Å². The predicted octanol–water partition coefficient (Wildman–Crippen LogP) is 6.34. The van der Waals surface area contributed by atoms with E-state index in [4.69, 9.17) is 21.1 Å². The number of fused-ring (bicyclic) bond motifs is 1. The third-order valence-electron chi connectivity index (χ3n) is 6.41. The highest BCUT2D eigenvalue weighted by atomic mass is 35.5. The van der Waals surface area contributed by atoms with Crippen LogP contribution in [0.2, 0.25) is 5.02 Å². The molecule has 1 aliphatic carbocycles. The number of rotatable bonds is 4. The van der Waals surface area contributed by atoms with E-state index in [2.05, 4.69) is 10.6 Å². The van der Waals surface area contributed by atoms with Gasteiger partial charge in [-0.25, -0.2) is 0 Å². The first kappa shape index (κ1) is 21.4. The SMILES string of the molecule is COc1ccc([C@@H]2Nc3ccccc3NC3=C2C(=O)C[C@@H](c2ccccc2Cl)C3)c(OC)c1. The van der Waals surface area contributed by atoms with Crippen molar-refractivity contribution in [1.29, 1.82) is 0 Å². The summed E-state index contributed by atoms with van der Waals surface area (Å²) in [5, 5.41) is 7.85. The molecule has 33 heavy (non-hydrogen) atoms. The molecule has 0 saturated heterocycles. The van der Waals surface area contributed by atoms with E-state index in [0.717, 1.165) is 33.8 Å². The number of carbonyl (C=O) groups is 1. The number of carbonyl (C=O) groups excluding carboxylic acids is 1. The Balaban J connectivity index is 1.64. The number of halogens is 1. The highest BCUT2D eigenvalue weighted by molar-refractivity contribution is 6.31. The van der Waals surface area contributed by atoms with Gasteiger partial charge in [0.25, 0.3) is 0 Å². The lowest BCUT2D eigenvalue weighted by molar-refractivity contribution is -0.116. The Bertz CT molecular complexity index is 1250. The fourth-order valence-electron chi connectivity index (χ4n) is 4.81. The molecule has 1 heterocycles. The first-order valence-corrected chi connectivity index (χ1v) is 11.3. The molecule has 168 valence electrons. The molecular formula is C27H25ClN2O3. The summed E-state index contributed by atoms with van der Waals surface area (Å²) >= 11 is 6.50. The minimum absolute atomic E-state index is 0.0149. The number of methoxy groups -OCH3 is 2. The van der Waals surface area contributed by atoms with Gasteiger partial charge >= 0.3 is 0 Å². The smallest absolute Gasteiger partial charge is 0.163 e. The summed E-state index contributed by atoms with van der Waals surface area (Å²) in [5.41, 5.74) is 5.40. The molecule has 0 saturated carbocycles. The fraction of sp³-hybridized carbons (Fsp3) is 0.222. The van der Waals surface area contributed by atoms with Crippen LogP contribution in [0.4, 0.5) is 11.4 Å². The molecule has 5 rings (SSSR count). The number of hydrogen-bond donors (Lipinski definition) is 2. The van der Waals surface area contributed by atoms with Crippen molar-refractivity contribution in [1.82, 2.24) is 0 Å². The van der Waals surface area contributed by atoms with Crippen LogP contribution in [0.1, 0.15) is 35.9 Å². The van der Waals surface area contributed by atoms with Crippen LogP contribution in [0.5, 0.6) is 11.5 Å². The molecule has 2 aliphatic rings. The second-order valence-corrected chi connectivity index (χ2v) is 8.71. The number of para-hydroxylation sites is 2. The summed E-state index contributed by atoms with van der Waals surface area (Å²) in [5.74, 6) is 1.47. The number of ether oxygens (including phenoxy) is 2. The monoisotopic (exact) mass is 460 g/mol. The average Bonchev–Trinajstić information content (AvgIpc) is 3.00. The van der Waals surface area contributed by atoms with Gasteiger partial charge in [-0.1, -0.05) is 41.9 Å². The van der Waals surface area contributed by atoms with Gasteiger partial charge in [0.05, 0.1) is 31.6 Å². The zero-order chi connectivity index (χ0) is 22.9. The molecule has 6 heteroatoms. The zero-order valence-electron chi connectivity index (χ0n) is 18.5. The third kappa shape index (κ3) is 3.93. The maximum absolute atomic E-state index is 13.7. The van der Waals surface area contributed by atoms with Crippen LogP contribution in [0.3, 0.4) is 0 Å². The number of benzene rings is 3. The van der Waals surface area contributed by atoms with Crippen molar-refractivity contribution < 1.29 is 14.3 Å². The molecular weight excluding hydrogens is 436 g/mol. The summed E-state index contributed by atoms with van der Waals surface area (Å²) < 4.78 is 11.1. The van der Waals surface area contributed by atoms with Crippen LogP contribution in [-0.4, -0.2) is 20.0 Å².